The molecule has 0 radical (unpaired) electrons. The highest BCUT2D eigenvalue weighted by atomic mass is 32.2. The van der Waals surface area contributed by atoms with Crippen LogP contribution in [-0.4, -0.2) is 82.1 Å². The Hall–Kier alpha value is -3.48. The van der Waals surface area contributed by atoms with E-state index in [1.807, 2.05) is 66.7 Å². The Labute approximate surface area is 263 Å². The van der Waals surface area contributed by atoms with E-state index in [9.17, 15) is 15.0 Å². The van der Waals surface area contributed by atoms with Crippen LogP contribution < -0.4 is 16.0 Å². The predicted octanol–water partition coefficient (Wildman–Crippen LogP) is 2.77. The molecule has 6 N–H and O–H groups in total. The highest BCUT2D eigenvalue weighted by Crippen LogP contribution is 2.25. The van der Waals surface area contributed by atoms with Crippen molar-refractivity contribution in [2.45, 2.75) is 62.3 Å². The van der Waals surface area contributed by atoms with E-state index in [1.165, 1.54) is 11.9 Å². The monoisotopic (exact) mass is 622 g/mol. The number of nitrogens with one attached hydrogen (secondary N) is 2. The van der Waals surface area contributed by atoms with Gasteiger partial charge < -0.3 is 30.7 Å². The van der Waals surface area contributed by atoms with Crippen LogP contribution >= 0.6 is 11.9 Å². The topological polar surface area (TPSA) is 144 Å². The number of nitrogens with two attached hydrogens (primary N) is 1. The summed E-state index contributed by atoms with van der Waals surface area (Å²) in [6.07, 6.45) is 3.34. The first-order chi connectivity index (χ1) is 21.2. The second kappa shape index (κ2) is 17.1. The van der Waals surface area contributed by atoms with Crippen LogP contribution in [0.4, 0.5) is 10.5 Å². The summed E-state index contributed by atoms with van der Waals surface area (Å²) in [6, 6.07) is 20.1. The van der Waals surface area contributed by atoms with Crippen molar-refractivity contribution in [1.82, 2.24) is 14.6 Å². The van der Waals surface area contributed by atoms with E-state index in [0.29, 0.717) is 50.6 Å². The molecule has 0 unspecified atom stereocenters. The minimum Gasteiger partial charge on any atom is -0.462 e. The lowest BCUT2D eigenvalue weighted by molar-refractivity contribution is -0.368. The number of pyridine rings is 1. The van der Waals surface area contributed by atoms with Gasteiger partial charge in [-0.3, -0.25) is 4.98 Å². The number of hydrogen-bond donors (Lipinski definition) is 5. The minimum atomic E-state index is -0.859. The zero-order valence-electron chi connectivity index (χ0n) is 25.3. The van der Waals surface area contributed by atoms with Gasteiger partial charge in [-0.15, -0.1) is 0 Å². The molecular formula is C33H44N5O5S+. The van der Waals surface area contributed by atoms with Crippen molar-refractivity contribution in [2.75, 3.05) is 26.3 Å². The molecule has 1 aliphatic heterocycles. The van der Waals surface area contributed by atoms with Gasteiger partial charge in [-0.2, -0.15) is 4.99 Å². The fourth-order valence-corrected chi connectivity index (χ4v) is 6.00. The van der Waals surface area contributed by atoms with E-state index in [4.69, 9.17) is 15.2 Å². The van der Waals surface area contributed by atoms with Gasteiger partial charge in [-0.05, 0) is 53.6 Å². The molecule has 1 fully saturated rings. The van der Waals surface area contributed by atoms with Gasteiger partial charge in [0.15, 0.2) is 0 Å². The molecular weight excluding hydrogens is 578 g/mol. The molecule has 1 aliphatic rings. The number of nitrogens with zero attached hydrogens (tertiary/aromatic N) is 2. The maximum atomic E-state index is 12.7. The lowest BCUT2D eigenvalue weighted by Gasteiger charge is -2.30. The van der Waals surface area contributed by atoms with Gasteiger partial charge in [0.1, 0.15) is 12.1 Å². The summed E-state index contributed by atoms with van der Waals surface area (Å²) in [4.78, 5) is 20.8. The maximum absolute atomic E-state index is 12.7. The number of carbonyl (C=O) groups is 1. The highest BCUT2D eigenvalue weighted by molar-refractivity contribution is 7.97. The van der Waals surface area contributed by atoms with Gasteiger partial charge in [0.2, 0.25) is 5.69 Å². The lowest BCUT2D eigenvalue weighted by atomic mass is 10.0. The maximum Gasteiger partial charge on any atom is 0.407 e. The largest absolute Gasteiger partial charge is 0.462 e. The molecule has 0 bridgehead atoms. The van der Waals surface area contributed by atoms with Crippen LogP contribution in [-0.2, 0) is 22.3 Å². The van der Waals surface area contributed by atoms with Gasteiger partial charge in [0.05, 0.1) is 25.4 Å². The van der Waals surface area contributed by atoms with Gasteiger partial charge in [0.25, 0.3) is 0 Å². The second-order valence-electron chi connectivity index (χ2n) is 11.4. The molecule has 1 amide bonds. The number of aromatic nitrogens is 1. The van der Waals surface area contributed by atoms with Crippen LogP contribution in [0.2, 0.25) is 0 Å². The zero-order valence-corrected chi connectivity index (χ0v) is 26.2. The SMILES string of the molecule is CC(C)CN(C[C@@H](O)[C@H](Cc1ccccc1)NC(=O)O[C@H]1CCOC1)Sc1ccc([NH+]=C(O)[C@@H](N)Cc2cccnc2)cc1. The first-order valence-electron chi connectivity index (χ1n) is 15.0. The Morgan fingerprint density at radius 3 is 2.52 bits per heavy atom. The molecule has 0 aliphatic carbocycles. The fraction of sp³-hybridized carbons (Fsp3) is 0.424. The van der Waals surface area contributed by atoms with E-state index < -0.39 is 24.3 Å². The number of rotatable bonds is 15. The number of aliphatic hydroxyl groups excluding tert-OH is 2. The van der Waals surface area contributed by atoms with Crippen molar-refractivity contribution in [3.8, 4) is 0 Å². The number of amides is 1. The molecule has 10 nitrogen and oxygen atoms in total. The smallest absolute Gasteiger partial charge is 0.407 e. The minimum absolute atomic E-state index is 0.0187. The Balaban J connectivity index is 1.40. The number of aliphatic hydroxyl groups is 2. The molecule has 0 saturated carbocycles. The number of alkyl carbamates (subject to hydrolysis) is 1. The number of hydrogen-bond acceptors (Lipinski definition) is 8. The third-order valence-corrected chi connectivity index (χ3v) is 8.12. The summed E-state index contributed by atoms with van der Waals surface area (Å²) < 4.78 is 13.0. The highest BCUT2D eigenvalue weighted by Gasteiger charge is 2.28. The standard InChI is InChI=1S/C33H43N5O5S/c1-23(2)20-38(44-28-12-10-26(11-13-28)36-32(40)29(34)17-25-9-6-15-35-19-25)21-31(39)30(18-24-7-4-3-5-8-24)37-33(41)43-27-14-16-42-22-27/h3-13,15,19,23,27,29-31,39H,14,16-18,20-22,34H2,1-2H3,(H,36,40)(H,37,41)/p+1/t27-,29-,30-,31+/m0/s1. The second-order valence-corrected chi connectivity index (χ2v) is 12.6. The number of benzene rings is 2. The molecule has 3 aromatic rings. The summed E-state index contributed by atoms with van der Waals surface area (Å²) in [5.74, 6) is 0.325. The Morgan fingerprint density at radius 2 is 1.86 bits per heavy atom. The first-order valence-corrected chi connectivity index (χ1v) is 15.8. The lowest BCUT2D eigenvalue weighted by Crippen LogP contribution is -2.70. The Bertz CT molecular complexity index is 1310. The van der Waals surface area contributed by atoms with Crippen molar-refractivity contribution in [3.63, 3.8) is 0 Å². The van der Waals surface area contributed by atoms with Crippen LogP contribution in [0.25, 0.3) is 0 Å². The molecule has 0 spiro atoms. The number of ether oxygens (including phenoxy) is 2. The van der Waals surface area contributed by atoms with E-state index in [0.717, 1.165) is 22.6 Å². The first kappa shape index (κ1) is 33.4. The van der Waals surface area contributed by atoms with Gasteiger partial charge in [0, 0.05) is 55.4 Å². The molecule has 2 heterocycles. The quantitative estimate of drug-likeness (QED) is 0.0982. The summed E-state index contributed by atoms with van der Waals surface area (Å²) in [5.41, 5.74) is 8.83. The van der Waals surface area contributed by atoms with E-state index in [-0.39, 0.29) is 12.0 Å². The molecule has 2 aromatic carbocycles. The van der Waals surface area contributed by atoms with Gasteiger partial charge in [-0.1, -0.05) is 50.2 Å². The number of carbonyl (C=O) groups excluding carboxylic acids is 1. The van der Waals surface area contributed by atoms with E-state index >= 15 is 0 Å². The summed E-state index contributed by atoms with van der Waals surface area (Å²) >= 11 is 1.53. The molecule has 11 heteroatoms. The van der Waals surface area contributed by atoms with Crippen molar-refractivity contribution < 1.29 is 29.5 Å². The van der Waals surface area contributed by atoms with Crippen molar-refractivity contribution in [1.29, 1.82) is 0 Å². The van der Waals surface area contributed by atoms with Crippen LogP contribution in [0.3, 0.4) is 0 Å². The van der Waals surface area contributed by atoms with Gasteiger partial charge in [-0.25, -0.2) is 9.10 Å². The van der Waals surface area contributed by atoms with Crippen molar-refractivity contribution in [3.05, 3.63) is 90.3 Å². The van der Waals surface area contributed by atoms with E-state index in [2.05, 4.69) is 33.4 Å². The van der Waals surface area contributed by atoms with Crippen LogP contribution in [0.15, 0.2) is 84.0 Å². The summed E-state index contributed by atoms with van der Waals surface area (Å²) in [6.45, 7) is 6.27. The zero-order chi connectivity index (χ0) is 31.3. The predicted molar refractivity (Wildman–Crippen MR) is 172 cm³/mol. The average Bonchev–Trinajstić information content (AvgIpc) is 3.51. The van der Waals surface area contributed by atoms with Crippen molar-refractivity contribution >= 4 is 29.6 Å². The van der Waals surface area contributed by atoms with Crippen molar-refractivity contribution in [2.24, 2.45) is 11.7 Å². The average molecular weight is 623 g/mol. The Morgan fingerprint density at radius 1 is 1.11 bits per heavy atom. The fourth-order valence-electron chi connectivity index (χ4n) is 4.84. The molecule has 1 saturated heterocycles. The normalized spacial score (nSPS) is 17.4. The van der Waals surface area contributed by atoms with Crippen LogP contribution in [0.5, 0.6) is 0 Å². The molecule has 1 aromatic heterocycles. The molecule has 4 rings (SSSR count). The molecule has 236 valence electrons. The summed E-state index contributed by atoms with van der Waals surface area (Å²) in [7, 11) is 0. The molecule has 4 atom stereocenters. The van der Waals surface area contributed by atoms with Crippen LogP contribution in [0.1, 0.15) is 31.4 Å². The van der Waals surface area contributed by atoms with Crippen LogP contribution in [0, 0.1) is 5.92 Å². The summed E-state index contributed by atoms with van der Waals surface area (Å²) in [5, 5.41) is 24.9. The Kier molecular flexibility index (Phi) is 13.0. The van der Waals surface area contributed by atoms with Gasteiger partial charge >= 0.3 is 12.0 Å². The van der Waals surface area contributed by atoms with E-state index in [1.54, 1.807) is 12.4 Å². The third-order valence-electron chi connectivity index (χ3n) is 7.08. The molecule has 44 heavy (non-hydrogen) atoms. The third kappa shape index (κ3) is 11.2.